The molecule has 0 unspecified atom stereocenters. The van der Waals surface area contributed by atoms with Gasteiger partial charge in [0.05, 0.1) is 11.4 Å². The average Bonchev–Trinajstić information content (AvgIpc) is 3.24. The molecule has 0 saturated heterocycles. The molecular weight excluding hydrogens is 344 g/mol. The molecule has 0 fully saturated rings. The van der Waals surface area contributed by atoms with E-state index in [0.29, 0.717) is 6.42 Å². The molecule has 0 aliphatic heterocycles. The fraction of sp³-hybridized carbons (Fsp3) is 0.250. The molecule has 24 heavy (non-hydrogen) atoms. The average molecular weight is 359 g/mol. The SMILES string of the molecule is CCn1nc(C)cc1-c1nn2c(Cc3ccccc3Cl)nnc2s1. The van der Waals surface area contributed by atoms with E-state index >= 15 is 0 Å². The van der Waals surface area contributed by atoms with E-state index < -0.39 is 0 Å². The van der Waals surface area contributed by atoms with E-state index in [2.05, 4.69) is 22.2 Å². The van der Waals surface area contributed by atoms with Gasteiger partial charge in [0.2, 0.25) is 4.96 Å². The molecule has 3 heterocycles. The predicted octanol–water partition coefficient (Wildman–Crippen LogP) is 3.62. The number of halogens is 1. The molecular formula is C16H15ClN6S. The number of nitrogens with zero attached hydrogens (tertiary/aromatic N) is 6. The lowest BCUT2D eigenvalue weighted by Gasteiger charge is -2.01. The lowest BCUT2D eigenvalue weighted by molar-refractivity contribution is 0.659. The van der Waals surface area contributed by atoms with Gasteiger partial charge in [-0.1, -0.05) is 41.1 Å². The van der Waals surface area contributed by atoms with Crippen LogP contribution < -0.4 is 0 Å². The maximum Gasteiger partial charge on any atom is 0.235 e. The van der Waals surface area contributed by atoms with E-state index in [4.69, 9.17) is 16.7 Å². The van der Waals surface area contributed by atoms with Crippen molar-refractivity contribution in [3.05, 3.63) is 52.4 Å². The molecule has 0 aliphatic carbocycles. The normalized spacial score (nSPS) is 11.5. The van der Waals surface area contributed by atoms with Crippen LogP contribution in [0.15, 0.2) is 30.3 Å². The van der Waals surface area contributed by atoms with Crippen LogP contribution in [0, 0.1) is 6.92 Å². The van der Waals surface area contributed by atoms with Gasteiger partial charge in [-0.25, -0.2) is 0 Å². The zero-order valence-electron chi connectivity index (χ0n) is 13.3. The first-order chi connectivity index (χ1) is 11.7. The maximum absolute atomic E-state index is 6.25. The van der Waals surface area contributed by atoms with Gasteiger partial charge in [0.15, 0.2) is 10.8 Å². The van der Waals surface area contributed by atoms with Crippen molar-refractivity contribution in [2.24, 2.45) is 0 Å². The molecule has 3 aromatic heterocycles. The van der Waals surface area contributed by atoms with Crippen molar-refractivity contribution in [3.8, 4) is 10.7 Å². The van der Waals surface area contributed by atoms with Gasteiger partial charge in [-0.05, 0) is 31.5 Å². The first-order valence-corrected chi connectivity index (χ1v) is 8.84. The van der Waals surface area contributed by atoms with E-state index in [9.17, 15) is 0 Å². The lowest BCUT2D eigenvalue weighted by Crippen LogP contribution is -2.01. The van der Waals surface area contributed by atoms with Crippen LogP contribution >= 0.6 is 22.9 Å². The molecule has 0 radical (unpaired) electrons. The Bertz CT molecular complexity index is 1010. The molecule has 6 nitrogen and oxygen atoms in total. The minimum Gasteiger partial charge on any atom is -0.262 e. The summed E-state index contributed by atoms with van der Waals surface area (Å²) in [5, 5.41) is 19.3. The van der Waals surface area contributed by atoms with Crippen LogP contribution in [0.5, 0.6) is 0 Å². The minimum absolute atomic E-state index is 0.593. The molecule has 0 N–H and O–H groups in total. The molecule has 0 bridgehead atoms. The Kier molecular flexibility index (Phi) is 3.82. The van der Waals surface area contributed by atoms with E-state index in [1.54, 1.807) is 4.52 Å². The summed E-state index contributed by atoms with van der Waals surface area (Å²) in [7, 11) is 0. The van der Waals surface area contributed by atoms with Gasteiger partial charge in [-0.3, -0.25) is 4.68 Å². The summed E-state index contributed by atoms with van der Waals surface area (Å²) < 4.78 is 3.75. The third-order valence-electron chi connectivity index (χ3n) is 3.78. The molecule has 0 atom stereocenters. The summed E-state index contributed by atoms with van der Waals surface area (Å²) in [6.07, 6.45) is 0.593. The second-order valence-corrected chi connectivity index (χ2v) is 6.84. The van der Waals surface area contributed by atoms with Crippen LogP contribution in [0.3, 0.4) is 0 Å². The zero-order valence-corrected chi connectivity index (χ0v) is 14.8. The first-order valence-electron chi connectivity index (χ1n) is 7.65. The topological polar surface area (TPSA) is 60.9 Å². The number of hydrogen-bond acceptors (Lipinski definition) is 5. The van der Waals surface area contributed by atoms with Crippen LogP contribution in [0.25, 0.3) is 15.7 Å². The highest BCUT2D eigenvalue weighted by Gasteiger charge is 2.17. The highest BCUT2D eigenvalue weighted by molar-refractivity contribution is 7.19. The van der Waals surface area contributed by atoms with Crippen LogP contribution in [-0.2, 0) is 13.0 Å². The summed E-state index contributed by atoms with van der Waals surface area (Å²) in [6, 6.07) is 9.80. The largest absolute Gasteiger partial charge is 0.262 e. The van der Waals surface area contributed by atoms with Crippen molar-refractivity contribution in [1.29, 1.82) is 0 Å². The zero-order chi connectivity index (χ0) is 16.7. The van der Waals surface area contributed by atoms with Gasteiger partial charge in [0.1, 0.15) is 0 Å². The second-order valence-electron chi connectivity index (χ2n) is 5.47. The Morgan fingerprint density at radius 1 is 1.17 bits per heavy atom. The molecule has 0 amide bonds. The highest BCUT2D eigenvalue weighted by Crippen LogP contribution is 2.27. The number of aryl methyl sites for hydroxylation is 2. The summed E-state index contributed by atoms with van der Waals surface area (Å²) in [4.78, 5) is 0.772. The maximum atomic E-state index is 6.25. The van der Waals surface area contributed by atoms with Crippen molar-refractivity contribution in [2.45, 2.75) is 26.8 Å². The second kappa shape index (κ2) is 5.99. The molecule has 0 aliphatic rings. The van der Waals surface area contributed by atoms with Gasteiger partial charge in [-0.2, -0.15) is 14.7 Å². The van der Waals surface area contributed by atoms with Crippen molar-refractivity contribution in [2.75, 3.05) is 0 Å². The molecule has 8 heteroatoms. The third-order valence-corrected chi connectivity index (χ3v) is 5.07. The summed E-state index contributed by atoms with van der Waals surface area (Å²) in [5.41, 5.74) is 3.00. The Morgan fingerprint density at radius 2 is 2.00 bits per heavy atom. The monoisotopic (exact) mass is 358 g/mol. The third kappa shape index (κ3) is 2.59. The molecule has 122 valence electrons. The quantitative estimate of drug-likeness (QED) is 0.559. The van der Waals surface area contributed by atoms with Crippen LogP contribution in [0.1, 0.15) is 24.0 Å². The fourth-order valence-corrected chi connectivity index (χ4v) is 3.72. The fourth-order valence-electron chi connectivity index (χ4n) is 2.64. The number of hydrogen-bond donors (Lipinski definition) is 0. The summed E-state index contributed by atoms with van der Waals surface area (Å²) >= 11 is 7.76. The molecule has 1 aromatic carbocycles. The number of aromatic nitrogens is 6. The van der Waals surface area contributed by atoms with Crippen LogP contribution in [0.2, 0.25) is 5.02 Å². The minimum atomic E-state index is 0.593. The summed E-state index contributed by atoms with van der Waals surface area (Å²) in [6.45, 7) is 4.85. The summed E-state index contributed by atoms with van der Waals surface area (Å²) in [5.74, 6) is 0.778. The number of rotatable bonds is 4. The van der Waals surface area contributed by atoms with Crippen molar-refractivity contribution in [1.82, 2.24) is 29.6 Å². The van der Waals surface area contributed by atoms with Gasteiger partial charge >= 0.3 is 0 Å². The van der Waals surface area contributed by atoms with Gasteiger partial charge in [0.25, 0.3) is 0 Å². The van der Waals surface area contributed by atoms with Gasteiger partial charge in [0, 0.05) is 18.0 Å². The Morgan fingerprint density at radius 3 is 2.79 bits per heavy atom. The van der Waals surface area contributed by atoms with Crippen LogP contribution in [0.4, 0.5) is 0 Å². The number of benzene rings is 1. The van der Waals surface area contributed by atoms with Gasteiger partial charge in [-0.15, -0.1) is 10.2 Å². The highest BCUT2D eigenvalue weighted by atomic mass is 35.5. The van der Waals surface area contributed by atoms with Crippen molar-refractivity contribution < 1.29 is 0 Å². The van der Waals surface area contributed by atoms with Gasteiger partial charge < -0.3 is 0 Å². The Labute approximate surface area is 147 Å². The standard InChI is InChI=1S/C16H15ClN6S/c1-3-22-13(8-10(2)20-22)15-21-23-14(18-19-16(23)24-15)9-11-6-4-5-7-12(11)17/h4-8H,3,9H2,1-2H3. The van der Waals surface area contributed by atoms with E-state index in [-0.39, 0.29) is 0 Å². The molecule has 0 spiro atoms. The Balaban J connectivity index is 1.75. The van der Waals surface area contributed by atoms with Crippen LogP contribution in [-0.4, -0.2) is 29.6 Å². The molecule has 0 saturated carbocycles. The van der Waals surface area contributed by atoms with Crippen molar-refractivity contribution >= 4 is 27.9 Å². The smallest absolute Gasteiger partial charge is 0.235 e. The molecule has 4 rings (SSSR count). The Hall–Kier alpha value is -2.25. The van der Waals surface area contributed by atoms with E-state index in [1.807, 2.05) is 41.9 Å². The molecule has 4 aromatic rings. The van der Waals surface area contributed by atoms with Crippen molar-refractivity contribution in [3.63, 3.8) is 0 Å². The predicted molar refractivity (Wildman–Crippen MR) is 94.5 cm³/mol. The van der Waals surface area contributed by atoms with E-state index in [1.165, 1.54) is 11.3 Å². The first kappa shape index (κ1) is 15.3. The number of fused-ring (bicyclic) bond motifs is 1. The lowest BCUT2D eigenvalue weighted by atomic mass is 10.1. The van der Waals surface area contributed by atoms with E-state index in [0.717, 1.165) is 44.3 Å².